The quantitative estimate of drug-likeness (QED) is 0.658. The summed E-state index contributed by atoms with van der Waals surface area (Å²) in [6, 6.07) is 7.27. The number of carbonyl (C=O) groups is 1. The molecule has 1 heterocycles. The Bertz CT molecular complexity index is 489. The minimum absolute atomic E-state index is 0.326. The number of ether oxygens (including phenoxy) is 3. The van der Waals surface area contributed by atoms with Crippen LogP contribution in [-0.4, -0.2) is 25.7 Å². The molecule has 0 bridgehead atoms. The molecule has 1 atom stereocenters. The fourth-order valence-corrected chi connectivity index (χ4v) is 1.93. The molecule has 1 fully saturated rings. The minimum atomic E-state index is -1.24. The van der Waals surface area contributed by atoms with Gasteiger partial charge in [-0.25, -0.2) is 10.1 Å². The maximum Gasteiger partial charge on any atom is 0.336 e. The van der Waals surface area contributed by atoms with E-state index in [1.54, 1.807) is 6.92 Å². The molecule has 0 spiro atoms. The molecule has 0 amide bonds. The highest BCUT2D eigenvalue weighted by Gasteiger charge is 2.41. The van der Waals surface area contributed by atoms with Crippen molar-refractivity contribution in [3.05, 3.63) is 42.0 Å². The molecule has 20 heavy (non-hydrogen) atoms. The van der Waals surface area contributed by atoms with Crippen LogP contribution in [0.1, 0.15) is 19.4 Å². The zero-order valence-corrected chi connectivity index (χ0v) is 11.8. The van der Waals surface area contributed by atoms with Gasteiger partial charge in [-0.2, -0.15) is 0 Å². The molecule has 0 aromatic heterocycles. The van der Waals surface area contributed by atoms with Crippen molar-refractivity contribution >= 4 is 5.97 Å². The summed E-state index contributed by atoms with van der Waals surface area (Å²) in [4.78, 5) is 11.8. The van der Waals surface area contributed by atoms with E-state index in [0.29, 0.717) is 30.9 Å². The largest absolute Gasteiger partial charge is 0.494 e. The number of rotatable bonds is 5. The highest BCUT2D eigenvalue weighted by atomic mass is 16.7. The molecule has 1 unspecified atom stereocenters. The first kappa shape index (κ1) is 14.6. The molecule has 2 rings (SSSR count). The van der Waals surface area contributed by atoms with Crippen LogP contribution in [0.25, 0.3) is 0 Å². The van der Waals surface area contributed by atoms with Crippen molar-refractivity contribution in [2.45, 2.75) is 19.8 Å². The number of nitrogens with one attached hydrogen (secondary N) is 1. The van der Waals surface area contributed by atoms with Crippen LogP contribution in [0.15, 0.2) is 36.4 Å². The molecule has 0 radical (unpaired) electrons. The van der Waals surface area contributed by atoms with Crippen LogP contribution in [-0.2, 0) is 20.2 Å². The Labute approximate surface area is 118 Å². The molecule has 1 aliphatic rings. The predicted molar refractivity (Wildman–Crippen MR) is 74.1 cm³/mol. The van der Waals surface area contributed by atoms with Gasteiger partial charge in [-0.1, -0.05) is 6.58 Å². The minimum Gasteiger partial charge on any atom is -0.494 e. The van der Waals surface area contributed by atoms with Crippen LogP contribution >= 0.6 is 0 Å². The second-order valence-corrected chi connectivity index (χ2v) is 4.52. The van der Waals surface area contributed by atoms with Gasteiger partial charge in [-0.05, 0) is 38.1 Å². The molecule has 1 aromatic carbocycles. The highest BCUT2D eigenvalue weighted by molar-refractivity contribution is 5.87. The van der Waals surface area contributed by atoms with Crippen molar-refractivity contribution in [1.29, 1.82) is 0 Å². The van der Waals surface area contributed by atoms with Crippen molar-refractivity contribution in [3.8, 4) is 5.75 Å². The van der Waals surface area contributed by atoms with Gasteiger partial charge in [-0.15, -0.1) is 0 Å². The number of benzene rings is 1. The topological polar surface area (TPSA) is 56.8 Å². The summed E-state index contributed by atoms with van der Waals surface area (Å²) >= 11 is 0. The standard InChI is InChI=1S/C15H19NO4/c1-4-18-13-7-5-12(6-8-13)15(16-9-10-19-15)20-14(17)11(2)3/h5-8,16H,2,4,9-10H2,1,3H3. The van der Waals surface area contributed by atoms with E-state index in [1.807, 2.05) is 31.2 Å². The summed E-state index contributed by atoms with van der Waals surface area (Å²) in [5, 5.41) is 3.08. The smallest absolute Gasteiger partial charge is 0.336 e. The fourth-order valence-electron chi connectivity index (χ4n) is 1.93. The normalized spacial score (nSPS) is 21.5. The summed E-state index contributed by atoms with van der Waals surface area (Å²) in [6.07, 6.45) is 0. The molecule has 1 N–H and O–H groups in total. The maximum atomic E-state index is 11.8. The van der Waals surface area contributed by atoms with Gasteiger partial charge in [0.05, 0.1) is 13.2 Å². The zero-order chi connectivity index (χ0) is 14.6. The van der Waals surface area contributed by atoms with Gasteiger partial charge >= 0.3 is 11.9 Å². The maximum absolute atomic E-state index is 11.8. The van der Waals surface area contributed by atoms with Gasteiger partial charge in [0.15, 0.2) is 0 Å². The number of hydrogen-bond acceptors (Lipinski definition) is 5. The summed E-state index contributed by atoms with van der Waals surface area (Å²) in [5.41, 5.74) is 1.04. The van der Waals surface area contributed by atoms with Crippen LogP contribution in [0.5, 0.6) is 5.75 Å². The number of hydrogen-bond donors (Lipinski definition) is 1. The van der Waals surface area contributed by atoms with Crippen molar-refractivity contribution in [1.82, 2.24) is 5.32 Å². The molecular formula is C15H19NO4. The summed E-state index contributed by atoms with van der Waals surface area (Å²) < 4.78 is 16.4. The third kappa shape index (κ3) is 3.00. The van der Waals surface area contributed by atoms with Gasteiger partial charge in [0.1, 0.15) is 5.75 Å². The summed E-state index contributed by atoms with van der Waals surface area (Å²) in [5.74, 6) is -0.968. The lowest BCUT2D eigenvalue weighted by molar-refractivity contribution is -0.225. The van der Waals surface area contributed by atoms with Crippen LogP contribution in [0.4, 0.5) is 0 Å². The average Bonchev–Trinajstić information content (AvgIpc) is 2.89. The Morgan fingerprint density at radius 2 is 2.15 bits per heavy atom. The lowest BCUT2D eigenvalue weighted by Crippen LogP contribution is -2.42. The van der Waals surface area contributed by atoms with Gasteiger partial charge < -0.3 is 14.2 Å². The van der Waals surface area contributed by atoms with Crippen molar-refractivity contribution in [3.63, 3.8) is 0 Å². The predicted octanol–water partition coefficient (Wildman–Crippen LogP) is 1.93. The molecule has 5 nitrogen and oxygen atoms in total. The van der Waals surface area contributed by atoms with E-state index in [1.165, 1.54) is 0 Å². The van der Waals surface area contributed by atoms with Gasteiger partial charge in [0.25, 0.3) is 0 Å². The second-order valence-electron chi connectivity index (χ2n) is 4.52. The molecule has 108 valence electrons. The first-order valence-corrected chi connectivity index (χ1v) is 6.58. The molecule has 0 aliphatic carbocycles. The Morgan fingerprint density at radius 3 is 2.65 bits per heavy atom. The van der Waals surface area contributed by atoms with Gasteiger partial charge in [0, 0.05) is 17.7 Å². The first-order chi connectivity index (χ1) is 9.57. The summed E-state index contributed by atoms with van der Waals surface area (Å²) in [7, 11) is 0. The SMILES string of the molecule is C=C(C)C(=O)OC1(c2ccc(OCC)cc2)NCCO1. The fraction of sp³-hybridized carbons (Fsp3) is 0.400. The van der Waals surface area contributed by atoms with Crippen LogP contribution in [0.2, 0.25) is 0 Å². The first-order valence-electron chi connectivity index (χ1n) is 6.58. The van der Waals surface area contributed by atoms with Crippen molar-refractivity contribution in [2.24, 2.45) is 0 Å². The van der Waals surface area contributed by atoms with Gasteiger partial charge in [0.2, 0.25) is 0 Å². The summed E-state index contributed by atoms with van der Waals surface area (Å²) in [6.45, 7) is 8.78. The van der Waals surface area contributed by atoms with E-state index in [-0.39, 0.29) is 0 Å². The molecule has 1 aromatic rings. The van der Waals surface area contributed by atoms with Crippen molar-refractivity contribution in [2.75, 3.05) is 19.8 Å². The van der Waals surface area contributed by atoms with E-state index >= 15 is 0 Å². The van der Waals surface area contributed by atoms with Gasteiger partial charge in [-0.3, -0.25) is 0 Å². The number of carbonyl (C=O) groups excluding carboxylic acids is 1. The molecule has 1 saturated heterocycles. The average molecular weight is 277 g/mol. The van der Waals surface area contributed by atoms with E-state index in [0.717, 1.165) is 5.75 Å². The van der Waals surface area contributed by atoms with Crippen LogP contribution in [0, 0.1) is 0 Å². The van der Waals surface area contributed by atoms with E-state index in [2.05, 4.69) is 11.9 Å². The Morgan fingerprint density at radius 1 is 1.45 bits per heavy atom. The second kappa shape index (κ2) is 6.07. The zero-order valence-electron chi connectivity index (χ0n) is 11.8. The van der Waals surface area contributed by atoms with E-state index in [4.69, 9.17) is 14.2 Å². The highest BCUT2D eigenvalue weighted by Crippen LogP contribution is 2.29. The Hall–Kier alpha value is -1.85. The molecular weight excluding hydrogens is 258 g/mol. The number of esters is 1. The van der Waals surface area contributed by atoms with Crippen LogP contribution in [0.3, 0.4) is 0 Å². The lowest BCUT2D eigenvalue weighted by atomic mass is 10.1. The Kier molecular flexibility index (Phi) is 4.42. The monoisotopic (exact) mass is 277 g/mol. The third-order valence-corrected chi connectivity index (χ3v) is 2.90. The van der Waals surface area contributed by atoms with Crippen LogP contribution < -0.4 is 10.1 Å². The molecule has 5 heteroatoms. The Balaban J connectivity index is 2.23. The lowest BCUT2D eigenvalue weighted by Gasteiger charge is -2.28. The van der Waals surface area contributed by atoms with E-state index in [9.17, 15) is 4.79 Å². The molecule has 0 saturated carbocycles. The van der Waals surface area contributed by atoms with E-state index < -0.39 is 11.9 Å². The molecule has 1 aliphatic heterocycles. The third-order valence-electron chi connectivity index (χ3n) is 2.90. The van der Waals surface area contributed by atoms with Crippen molar-refractivity contribution < 1.29 is 19.0 Å².